The van der Waals surface area contributed by atoms with Gasteiger partial charge in [-0.3, -0.25) is 24.2 Å². The van der Waals surface area contributed by atoms with Crippen LogP contribution in [0.4, 0.5) is 5.00 Å². The van der Waals surface area contributed by atoms with E-state index >= 15 is 0 Å². The molecule has 0 unspecified atom stereocenters. The van der Waals surface area contributed by atoms with Crippen molar-refractivity contribution in [1.82, 2.24) is 19.3 Å². The smallest absolute Gasteiger partial charge is 0.267 e. The van der Waals surface area contributed by atoms with Gasteiger partial charge in [0.05, 0.1) is 16.5 Å². The first-order chi connectivity index (χ1) is 19.5. The number of amides is 2. The van der Waals surface area contributed by atoms with Crippen LogP contribution in [0, 0.1) is 5.41 Å². The maximum absolute atomic E-state index is 13.8. The molecule has 0 bridgehead atoms. The van der Waals surface area contributed by atoms with Crippen LogP contribution in [0.3, 0.4) is 0 Å². The van der Waals surface area contributed by atoms with Gasteiger partial charge in [0, 0.05) is 24.7 Å². The Balaban J connectivity index is 1.48. The number of nitrogens with one attached hydrogen (secondary N) is 3. The molecule has 0 aliphatic heterocycles. The molecule has 0 atom stereocenters. The molecule has 4 aromatic heterocycles. The van der Waals surface area contributed by atoms with Crippen molar-refractivity contribution in [3.8, 4) is 0 Å². The van der Waals surface area contributed by atoms with Gasteiger partial charge < -0.3 is 15.2 Å². The zero-order valence-electron chi connectivity index (χ0n) is 22.0. The minimum atomic E-state index is -0.540. The van der Waals surface area contributed by atoms with E-state index in [9.17, 15) is 14.4 Å². The van der Waals surface area contributed by atoms with Gasteiger partial charge >= 0.3 is 0 Å². The fourth-order valence-corrected chi connectivity index (χ4v) is 6.63. The quantitative estimate of drug-likeness (QED) is 0.277. The molecule has 2 amide bonds. The van der Waals surface area contributed by atoms with Crippen molar-refractivity contribution in [3.05, 3.63) is 104 Å². The molecule has 0 saturated carbocycles. The minimum absolute atomic E-state index is 0.0454. The zero-order valence-corrected chi connectivity index (χ0v) is 22.8. The zero-order chi connectivity index (χ0) is 27.8. The number of nitrogens with zero attached hydrogens (tertiary/aromatic N) is 3. The number of aromatic nitrogens is 3. The van der Waals surface area contributed by atoms with Crippen molar-refractivity contribution in [2.45, 2.75) is 38.6 Å². The average Bonchev–Trinajstić information content (AvgIpc) is 3.34. The molecule has 202 valence electrons. The maximum Gasteiger partial charge on any atom is 0.267 e. The number of aryl methyl sites for hydroxylation is 3. The van der Waals surface area contributed by atoms with Crippen molar-refractivity contribution < 1.29 is 9.59 Å². The lowest BCUT2D eigenvalue weighted by Crippen LogP contribution is -2.33. The van der Waals surface area contributed by atoms with Gasteiger partial charge in [0.25, 0.3) is 17.4 Å². The molecule has 0 fully saturated rings. The summed E-state index contributed by atoms with van der Waals surface area (Å²) in [6.07, 6.45) is 5.93. The number of carbonyl (C=O) groups excluding carboxylic acids is 2. The van der Waals surface area contributed by atoms with Crippen LogP contribution >= 0.6 is 11.3 Å². The molecular weight excluding hydrogens is 524 g/mol. The number of rotatable bonds is 6. The summed E-state index contributed by atoms with van der Waals surface area (Å²) in [6.45, 7) is 0.354. The van der Waals surface area contributed by atoms with E-state index in [0.717, 1.165) is 41.7 Å². The number of hydrogen-bond donors (Lipinski definition) is 3. The normalized spacial score (nSPS) is 12.8. The summed E-state index contributed by atoms with van der Waals surface area (Å²) in [5.41, 5.74) is 3.04. The number of thiophene rings is 1. The molecular formula is C30H28N6O3S. The number of benzene rings is 1. The molecule has 6 rings (SSSR count). The summed E-state index contributed by atoms with van der Waals surface area (Å²) in [5.74, 6) is -0.784. The predicted octanol–water partition coefficient (Wildman–Crippen LogP) is 3.92. The molecule has 1 aliphatic rings. The predicted molar refractivity (Wildman–Crippen MR) is 155 cm³/mol. The first-order valence-corrected chi connectivity index (χ1v) is 14.1. The monoisotopic (exact) mass is 552 g/mol. The van der Waals surface area contributed by atoms with E-state index in [1.807, 2.05) is 30.3 Å². The molecule has 0 saturated heterocycles. The molecule has 1 aliphatic carbocycles. The SMILES string of the molecule is CNC(=O)c1c(NC(=O)c2cc3c(=O)n4ccccc4nc3n(CCc3ccccc3)c2=N)sc2c1CCCC2. The molecule has 5 aromatic rings. The van der Waals surface area contributed by atoms with E-state index in [-0.39, 0.29) is 27.9 Å². The minimum Gasteiger partial charge on any atom is -0.355 e. The lowest BCUT2D eigenvalue weighted by molar-refractivity contribution is 0.0963. The van der Waals surface area contributed by atoms with Crippen LogP contribution in [-0.4, -0.2) is 32.8 Å². The second-order valence-corrected chi connectivity index (χ2v) is 10.9. The third kappa shape index (κ3) is 4.50. The summed E-state index contributed by atoms with van der Waals surface area (Å²) >= 11 is 1.42. The molecule has 9 nitrogen and oxygen atoms in total. The molecule has 0 radical (unpaired) electrons. The van der Waals surface area contributed by atoms with Gasteiger partial charge in [-0.1, -0.05) is 36.4 Å². The highest BCUT2D eigenvalue weighted by atomic mass is 32.1. The summed E-state index contributed by atoms with van der Waals surface area (Å²) in [5, 5.41) is 15.4. The number of pyridine rings is 2. The summed E-state index contributed by atoms with van der Waals surface area (Å²) in [6, 6.07) is 16.6. The Morgan fingerprint density at radius 3 is 2.62 bits per heavy atom. The molecule has 4 heterocycles. The Hall–Kier alpha value is -4.57. The number of fused-ring (bicyclic) bond motifs is 3. The second kappa shape index (κ2) is 10.5. The van der Waals surface area contributed by atoms with Crippen LogP contribution in [-0.2, 0) is 25.8 Å². The van der Waals surface area contributed by atoms with Gasteiger partial charge in [-0.15, -0.1) is 11.3 Å². The van der Waals surface area contributed by atoms with Gasteiger partial charge in [0.1, 0.15) is 21.8 Å². The fraction of sp³-hybridized carbons (Fsp3) is 0.233. The van der Waals surface area contributed by atoms with Crippen molar-refractivity contribution in [2.24, 2.45) is 0 Å². The summed E-state index contributed by atoms with van der Waals surface area (Å²) < 4.78 is 3.07. The topological polar surface area (TPSA) is 121 Å². The Labute approximate surface area is 233 Å². The van der Waals surface area contributed by atoms with E-state index in [1.165, 1.54) is 21.8 Å². The molecule has 1 aromatic carbocycles. The van der Waals surface area contributed by atoms with Crippen molar-refractivity contribution in [1.29, 1.82) is 5.41 Å². The Morgan fingerprint density at radius 2 is 1.82 bits per heavy atom. The third-order valence-electron chi connectivity index (χ3n) is 7.38. The van der Waals surface area contributed by atoms with Crippen LogP contribution in [0.5, 0.6) is 0 Å². The van der Waals surface area contributed by atoms with E-state index in [0.29, 0.717) is 34.8 Å². The largest absolute Gasteiger partial charge is 0.355 e. The van der Waals surface area contributed by atoms with Gasteiger partial charge in [-0.05, 0) is 61.4 Å². The molecule has 3 N–H and O–H groups in total. The van der Waals surface area contributed by atoms with Crippen LogP contribution in [0.25, 0.3) is 16.7 Å². The second-order valence-electron chi connectivity index (χ2n) is 9.83. The lowest BCUT2D eigenvalue weighted by Gasteiger charge is -2.15. The van der Waals surface area contributed by atoms with Gasteiger partial charge in [-0.2, -0.15) is 0 Å². The Morgan fingerprint density at radius 1 is 1.05 bits per heavy atom. The summed E-state index contributed by atoms with van der Waals surface area (Å²) in [7, 11) is 1.58. The molecule has 10 heteroatoms. The summed E-state index contributed by atoms with van der Waals surface area (Å²) in [4.78, 5) is 45.9. The highest BCUT2D eigenvalue weighted by molar-refractivity contribution is 7.17. The van der Waals surface area contributed by atoms with Gasteiger partial charge in [0.2, 0.25) is 0 Å². The third-order valence-corrected chi connectivity index (χ3v) is 8.59. The highest BCUT2D eigenvalue weighted by Gasteiger charge is 2.27. The van der Waals surface area contributed by atoms with E-state index in [2.05, 4.69) is 10.6 Å². The fourth-order valence-electron chi connectivity index (χ4n) is 5.35. The van der Waals surface area contributed by atoms with Crippen LogP contribution in [0.1, 0.15) is 49.6 Å². The standard InChI is InChI=1S/C30H28N6O3S/c1-32-28(38)24-19-11-5-6-12-22(19)40-29(24)34-27(37)20-17-21-26(33-23-13-7-8-15-35(23)30(21)39)36(25(20)31)16-14-18-9-3-2-4-10-18/h2-4,7-10,13,15,17,31H,5-6,11-12,14,16H2,1H3,(H,32,38)(H,34,37). The Bertz CT molecular complexity index is 1900. The average molecular weight is 553 g/mol. The molecule has 0 spiro atoms. The van der Waals surface area contributed by atoms with E-state index < -0.39 is 5.91 Å². The number of carbonyl (C=O) groups is 2. The van der Waals surface area contributed by atoms with Crippen molar-refractivity contribution in [2.75, 3.05) is 12.4 Å². The van der Waals surface area contributed by atoms with Crippen LogP contribution in [0.2, 0.25) is 0 Å². The number of hydrogen-bond acceptors (Lipinski definition) is 6. The van der Waals surface area contributed by atoms with Crippen molar-refractivity contribution in [3.63, 3.8) is 0 Å². The van der Waals surface area contributed by atoms with E-state index in [1.54, 1.807) is 36.0 Å². The Kier molecular flexibility index (Phi) is 6.77. The van der Waals surface area contributed by atoms with Gasteiger partial charge in [-0.25, -0.2) is 4.98 Å². The lowest BCUT2D eigenvalue weighted by atomic mass is 9.95. The highest BCUT2D eigenvalue weighted by Crippen LogP contribution is 2.38. The number of anilines is 1. The van der Waals surface area contributed by atoms with Crippen LogP contribution < -0.4 is 21.7 Å². The molecule has 40 heavy (non-hydrogen) atoms. The van der Waals surface area contributed by atoms with Crippen molar-refractivity contribution >= 4 is 44.8 Å². The first kappa shape index (κ1) is 25.7. The van der Waals surface area contributed by atoms with Crippen LogP contribution in [0.15, 0.2) is 65.6 Å². The maximum atomic E-state index is 13.8. The first-order valence-electron chi connectivity index (χ1n) is 13.3. The van der Waals surface area contributed by atoms with Gasteiger partial charge in [0.15, 0.2) is 0 Å². The van der Waals surface area contributed by atoms with E-state index in [4.69, 9.17) is 10.4 Å².